The number of ether oxygens (including phenoxy) is 1. The topological polar surface area (TPSA) is 84.4 Å². The zero-order valence-electron chi connectivity index (χ0n) is 15.8. The van der Waals surface area contributed by atoms with E-state index in [0.29, 0.717) is 17.3 Å². The fourth-order valence-electron chi connectivity index (χ4n) is 3.41. The minimum Gasteiger partial charge on any atom is -0.438 e. The molecule has 0 spiro atoms. The van der Waals surface area contributed by atoms with Crippen LogP contribution in [0.1, 0.15) is 22.6 Å². The predicted octanol–water partition coefficient (Wildman–Crippen LogP) is 3.20. The molecule has 0 saturated carbocycles. The van der Waals surface area contributed by atoms with Crippen molar-refractivity contribution in [2.75, 3.05) is 6.54 Å². The number of carbonyl (C=O) groups excluding carboxylic acids is 2. The van der Waals surface area contributed by atoms with Crippen LogP contribution in [0.2, 0.25) is 0 Å². The van der Waals surface area contributed by atoms with Crippen LogP contribution in [-0.4, -0.2) is 33.2 Å². The summed E-state index contributed by atoms with van der Waals surface area (Å²) in [5.74, 6) is -2.85. The zero-order valence-corrected chi connectivity index (χ0v) is 16.6. The number of benzene rings is 1. The Labute approximate surface area is 177 Å². The maximum Gasteiger partial charge on any atom is 0.420 e. The average Bonchev–Trinajstić information content (AvgIpc) is 2.93. The number of rotatable bonds is 3. The summed E-state index contributed by atoms with van der Waals surface area (Å²) in [5, 5.41) is 1.86. The van der Waals surface area contributed by atoms with Crippen molar-refractivity contribution in [1.82, 2.24) is 20.2 Å². The average molecular weight is 457 g/mol. The van der Waals surface area contributed by atoms with Gasteiger partial charge in [-0.3, -0.25) is 14.9 Å². The third kappa shape index (κ3) is 3.92. The molecule has 31 heavy (non-hydrogen) atoms. The van der Waals surface area contributed by atoms with Crippen LogP contribution in [0.15, 0.2) is 28.9 Å². The molecule has 1 aromatic heterocycles. The van der Waals surface area contributed by atoms with Crippen molar-refractivity contribution in [3.05, 3.63) is 57.4 Å². The van der Waals surface area contributed by atoms with Gasteiger partial charge in [-0.1, -0.05) is 11.6 Å². The van der Waals surface area contributed by atoms with Crippen molar-refractivity contribution in [2.45, 2.75) is 26.1 Å². The Morgan fingerprint density at radius 2 is 1.94 bits per heavy atom. The highest BCUT2D eigenvalue weighted by molar-refractivity contribution is 6.47. The van der Waals surface area contributed by atoms with E-state index in [-0.39, 0.29) is 41.9 Å². The minimum atomic E-state index is -4.83. The van der Waals surface area contributed by atoms with Crippen LogP contribution in [-0.2, 0) is 28.7 Å². The van der Waals surface area contributed by atoms with Crippen LogP contribution in [0, 0.1) is 12.7 Å². The molecule has 2 aromatic rings. The molecule has 12 heteroatoms. The number of alkyl halides is 3. The molecule has 0 saturated heterocycles. The highest BCUT2D eigenvalue weighted by Crippen LogP contribution is 2.40. The summed E-state index contributed by atoms with van der Waals surface area (Å²) in [6.45, 7) is 1.81. The third-order valence-corrected chi connectivity index (χ3v) is 5.11. The number of carbonyl (C=O) groups is 2. The van der Waals surface area contributed by atoms with Crippen molar-refractivity contribution in [3.63, 3.8) is 0 Å². The fourth-order valence-corrected chi connectivity index (χ4v) is 3.67. The van der Waals surface area contributed by atoms with Gasteiger partial charge in [-0.2, -0.15) is 18.2 Å². The van der Waals surface area contributed by atoms with Gasteiger partial charge in [0.25, 0.3) is 11.8 Å². The SMILES string of the molecule is Cc1nc2c(c(Oc3ccc(F)cc3C(F)(F)F)n1)CCN(C1=C(Cl)C(=O)NC1=O)C2. The summed E-state index contributed by atoms with van der Waals surface area (Å²) in [6.07, 6.45) is -4.62. The quantitative estimate of drug-likeness (QED) is 0.564. The number of halogens is 5. The molecule has 2 aliphatic rings. The molecule has 2 aliphatic heterocycles. The number of amides is 2. The molecule has 7 nitrogen and oxygen atoms in total. The Kier molecular flexibility index (Phi) is 5.08. The van der Waals surface area contributed by atoms with Crippen LogP contribution in [0.3, 0.4) is 0 Å². The molecule has 0 radical (unpaired) electrons. The third-order valence-electron chi connectivity index (χ3n) is 4.76. The monoisotopic (exact) mass is 456 g/mol. The van der Waals surface area contributed by atoms with E-state index >= 15 is 0 Å². The van der Waals surface area contributed by atoms with Gasteiger partial charge < -0.3 is 9.64 Å². The molecule has 0 aliphatic carbocycles. The Bertz CT molecular complexity index is 1150. The van der Waals surface area contributed by atoms with Gasteiger partial charge >= 0.3 is 6.18 Å². The van der Waals surface area contributed by atoms with Gasteiger partial charge in [-0.25, -0.2) is 9.37 Å². The summed E-state index contributed by atoms with van der Waals surface area (Å²) in [4.78, 5) is 33.6. The van der Waals surface area contributed by atoms with Crippen molar-refractivity contribution in [1.29, 1.82) is 0 Å². The Hall–Kier alpha value is -3.21. The summed E-state index contributed by atoms with van der Waals surface area (Å²) in [6, 6.07) is 2.09. The first-order valence-corrected chi connectivity index (χ1v) is 9.34. The summed E-state index contributed by atoms with van der Waals surface area (Å²) in [5.41, 5.74) is -0.406. The molecular formula is C19H13ClF4N4O3. The van der Waals surface area contributed by atoms with Gasteiger partial charge in [0.1, 0.15) is 33.7 Å². The van der Waals surface area contributed by atoms with E-state index in [9.17, 15) is 27.2 Å². The van der Waals surface area contributed by atoms with Gasteiger partial charge in [0, 0.05) is 12.1 Å². The van der Waals surface area contributed by atoms with Gasteiger partial charge in [-0.05, 0) is 31.5 Å². The van der Waals surface area contributed by atoms with E-state index in [1.165, 1.54) is 6.92 Å². The standard InChI is InChI=1S/C19H13ClF4N4O3/c1-8-25-12-7-28(15-14(20)16(29)27-17(15)30)5-4-10(12)18(26-8)31-13-3-2-9(21)6-11(13)19(22,23)24/h2-3,6H,4-5,7H2,1H3,(H,27,29,30). The zero-order chi connectivity index (χ0) is 22.5. The van der Waals surface area contributed by atoms with Crippen molar-refractivity contribution < 1.29 is 31.9 Å². The van der Waals surface area contributed by atoms with E-state index in [4.69, 9.17) is 16.3 Å². The lowest BCUT2D eigenvalue weighted by molar-refractivity contribution is -0.138. The Morgan fingerprint density at radius 1 is 1.19 bits per heavy atom. The summed E-state index contributed by atoms with van der Waals surface area (Å²) >= 11 is 5.94. The first kappa shape index (κ1) is 21.0. The number of aromatic nitrogens is 2. The molecule has 0 atom stereocenters. The maximum absolute atomic E-state index is 13.4. The predicted molar refractivity (Wildman–Crippen MR) is 98.4 cm³/mol. The molecule has 4 rings (SSSR count). The van der Waals surface area contributed by atoms with Crippen molar-refractivity contribution >= 4 is 23.4 Å². The summed E-state index contributed by atoms with van der Waals surface area (Å²) < 4.78 is 58.8. The second-order valence-electron chi connectivity index (χ2n) is 6.86. The van der Waals surface area contributed by atoms with Gasteiger partial charge in [0.05, 0.1) is 12.2 Å². The maximum atomic E-state index is 13.4. The molecule has 3 heterocycles. The van der Waals surface area contributed by atoms with E-state index in [1.54, 1.807) is 4.90 Å². The lowest BCUT2D eigenvalue weighted by Crippen LogP contribution is -2.35. The Morgan fingerprint density at radius 3 is 2.58 bits per heavy atom. The van der Waals surface area contributed by atoms with Crippen LogP contribution < -0.4 is 10.1 Å². The second-order valence-corrected chi connectivity index (χ2v) is 7.24. The number of aryl methyl sites for hydroxylation is 1. The normalized spacial score (nSPS) is 16.5. The Balaban J connectivity index is 1.70. The second kappa shape index (κ2) is 7.49. The molecule has 0 unspecified atom stereocenters. The van der Waals surface area contributed by atoms with Crippen molar-refractivity contribution in [2.24, 2.45) is 0 Å². The molecule has 1 aromatic carbocycles. The molecular weight excluding hydrogens is 444 g/mol. The van der Waals surface area contributed by atoms with Gasteiger partial charge in [0.2, 0.25) is 5.88 Å². The number of imide groups is 1. The van der Waals surface area contributed by atoms with Crippen LogP contribution in [0.5, 0.6) is 11.6 Å². The number of hydrogen-bond acceptors (Lipinski definition) is 6. The highest BCUT2D eigenvalue weighted by Gasteiger charge is 2.37. The van der Waals surface area contributed by atoms with E-state index in [0.717, 1.165) is 12.1 Å². The number of nitrogens with zero attached hydrogens (tertiary/aromatic N) is 3. The van der Waals surface area contributed by atoms with E-state index in [2.05, 4.69) is 15.3 Å². The fraction of sp³-hybridized carbons (Fsp3) is 0.263. The van der Waals surface area contributed by atoms with Crippen molar-refractivity contribution in [3.8, 4) is 11.6 Å². The minimum absolute atomic E-state index is 0.00828. The smallest absolute Gasteiger partial charge is 0.420 e. The molecule has 1 N–H and O–H groups in total. The molecule has 162 valence electrons. The number of nitrogens with one attached hydrogen (secondary N) is 1. The van der Waals surface area contributed by atoms with Crippen LogP contribution >= 0.6 is 11.6 Å². The molecule has 0 fully saturated rings. The van der Waals surface area contributed by atoms with Gasteiger partial charge in [-0.15, -0.1) is 0 Å². The lowest BCUT2D eigenvalue weighted by atomic mass is 10.0. The van der Waals surface area contributed by atoms with Gasteiger partial charge in [0.15, 0.2) is 0 Å². The van der Waals surface area contributed by atoms with E-state index in [1.807, 2.05) is 0 Å². The number of hydrogen-bond donors (Lipinski definition) is 1. The van der Waals surface area contributed by atoms with E-state index < -0.39 is 35.1 Å². The van der Waals surface area contributed by atoms with Crippen LogP contribution in [0.4, 0.5) is 17.6 Å². The largest absolute Gasteiger partial charge is 0.438 e. The number of fused-ring (bicyclic) bond motifs is 1. The first-order valence-electron chi connectivity index (χ1n) is 8.96. The first-order chi connectivity index (χ1) is 14.5. The summed E-state index contributed by atoms with van der Waals surface area (Å²) in [7, 11) is 0. The molecule has 0 bridgehead atoms. The lowest BCUT2D eigenvalue weighted by Gasteiger charge is -2.30. The highest BCUT2D eigenvalue weighted by atomic mass is 35.5. The van der Waals surface area contributed by atoms with Crippen LogP contribution in [0.25, 0.3) is 0 Å². The molecule has 2 amide bonds.